The number of carbonyl (C=O) groups is 3. The van der Waals surface area contributed by atoms with E-state index in [9.17, 15) is 14.4 Å². The van der Waals surface area contributed by atoms with Crippen molar-refractivity contribution in [3.63, 3.8) is 0 Å². The number of nitrogens with one attached hydrogen (secondary N) is 2. The first-order valence-electron chi connectivity index (χ1n) is 7.51. The highest BCUT2D eigenvalue weighted by molar-refractivity contribution is 6.36. The topological polar surface area (TPSA) is 84.5 Å². The first-order valence-corrected chi connectivity index (χ1v) is 8.27. The molecule has 0 saturated heterocycles. The van der Waals surface area contributed by atoms with Crippen LogP contribution < -0.4 is 10.6 Å². The van der Waals surface area contributed by atoms with Crippen molar-refractivity contribution < 1.29 is 19.1 Å². The lowest BCUT2D eigenvalue weighted by molar-refractivity contribution is -0.147. The van der Waals surface area contributed by atoms with Crippen molar-refractivity contribution >= 4 is 41.0 Å². The molecule has 1 rings (SSSR count). The van der Waals surface area contributed by atoms with Gasteiger partial charge in [0, 0.05) is 11.1 Å². The van der Waals surface area contributed by atoms with Gasteiger partial charge < -0.3 is 15.4 Å². The van der Waals surface area contributed by atoms with Gasteiger partial charge in [-0.05, 0) is 31.5 Å². The monoisotopic (exact) mass is 374 g/mol. The van der Waals surface area contributed by atoms with Gasteiger partial charge in [0.05, 0.1) is 10.6 Å². The molecule has 0 aliphatic carbocycles. The van der Waals surface area contributed by atoms with Crippen LogP contribution in [0, 0.1) is 0 Å². The Labute approximate surface area is 150 Å². The summed E-state index contributed by atoms with van der Waals surface area (Å²) in [6.45, 7) is 3.14. The minimum Gasteiger partial charge on any atom is -0.454 e. The third-order valence-electron chi connectivity index (χ3n) is 3.06. The number of carbonyl (C=O) groups excluding carboxylic acids is 3. The smallest absolute Gasteiger partial charge is 0.325 e. The van der Waals surface area contributed by atoms with Crippen LogP contribution in [0.2, 0.25) is 10.0 Å². The molecule has 2 N–H and O–H groups in total. The van der Waals surface area contributed by atoms with E-state index in [1.54, 1.807) is 0 Å². The van der Waals surface area contributed by atoms with Crippen molar-refractivity contribution in [1.82, 2.24) is 10.6 Å². The summed E-state index contributed by atoms with van der Waals surface area (Å²) in [4.78, 5) is 35.0. The van der Waals surface area contributed by atoms with Crippen molar-refractivity contribution in [1.29, 1.82) is 0 Å². The molecule has 0 aliphatic rings. The zero-order valence-corrected chi connectivity index (χ0v) is 15.0. The molecule has 1 aromatic rings. The van der Waals surface area contributed by atoms with E-state index >= 15 is 0 Å². The third kappa shape index (κ3) is 7.19. The molecule has 1 atom stereocenters. The summed E-state index contributed by atoms with van der Waals surface area (Å²) < 4.78 is 4.80. The van der Waals surface area contributed by atoms with E-state index in [1.165, 1.54) is 18.2 Å². The number of hydrogen-bond donors (Lipinski definition) is 2. The van der Waals surface area contributed by atoms with Crippen molar-refractivity contribution in [3.05, 3.63) is 33.8 Å². The summed E-state index contributed by atoms with van der Waals surface area (Å²) >= 11 is 11.6. The Kier molecular flexibility index (Phi) is 8.57. The van der Waals surface area contributed by atoms with E-state index in [2.05, 4.69) is 10.6 Å². The summed E-state index contributed by atoms with van der Waals surface area (Å²) in [7, 11) is 0. The molecule has 0 fully saturated rings. The maximum absolute atomic E-state index is 11.9. The van der Waals surface area contributed by atoms with Crippen LogP contribution in [-0.2, 0) is 14.3 Å². The van der Waals surface area contributed by atoms with Crippen LogP contribution in [0.1, 0.15) is 37.0 Å². The minimum absolute atomic E-state index is 0.0213. The van der Waals surface area contributed by atoms with E-state index in [0.717, 1.165) is 12.8 Å². The first kappa shape index (κ1) is 20.3. The molecule has 0 saturated carbocycles. The van der Waals surface area contributed by atoms with Gasteiger partial charge >= 0.3 is 5.97 Å². The predicted molar refractivity (Wildman–Crippen MR) is 92.3 cm³/mol. The van der Waals surface area contributed by atoms with Gasteiger partial charge in [-0.1, -0.05) is 36.5 Å². The Morgan fingerprint density at radius 1 is 1.25 bits per heavy atom. The van der Waals surface area contributed by atoms with Gasteiger partial charge in [-0.3, -0.25) is 14.4 Å². The molecular formula is C16H20Cl2N2O4. The number of amides is 2. The van der Waals surface area contributed by atoms with Gasteiger partial charge in [0.15, 0.2) is 6.61 Å². The molecule has 1 unspecified atom stereocenters. The summed E-state index contributed by atoms with van der Waals surface area (Å²) in [5.74, 6) is -1.63. The van der Waals surface area contributed by atoms with Crippen molar-refractivity contribution in [2.24, 2.45) is 0 Å². The molecule has 8 heteroatoms. The lowest BCUT2D eigenvalue weighted by Gasteiger charge is -2.13. The third-order valence-corrected chi connectivity index (χ3v) is 3.61. The highest BCUT2D eigenvalue weighted by Gasteiger charge is 2.14. The fourth-order valence-corrected chi connectivity index (χ4v) is 2.43. The molecule has 2 amide bonds. The fourth-order valence-electron chi connectivity index (χ4n) is 1.94. The second-order valence-corrected chi connectivity index (χ2v) is 6.07. The molecule has 0 radical (unpaired) electrons. The Balaban J connectivity index is 2.35. The Morgan fingerprint density at radius 2 is 1.96 bits per heavy atom. The van der Waals surface area contributed by atoms with Crippen LogP contribution in [0.5, 0.6) is 0 Å². The maximum Gasteiger partial charge on any atom is 0.325 e. The number of rotatable bonds is 8. The molecule has 1 aromatic carbocycles. The zero-order chi connectivity index (χ0) is 18.1. The fraction of sp³-hybridized carbons (Fsp3) is 0.438. The molecule has 0 aliphatic heterocycles. The number of benzene rings is 1. The summed E-state index contributed by atoms with van der Waals surface area (Å²) in [6, 6.07) is 4.42. The van der Waals surface area contributed by atoms with Crippen LogP contribution in [0.4, 0.5) is 0 Å². The highest BCUT2D eigenvalue weighted by Crippen LogP contribution is 2.20. The normalized spacial score (nSPS) is 11.5. The molecule has 6 nitrogen and oxygen atoms in total. The van der Waals surface area contributed by atoms with Gasteiger partial charge in [-0.15, -0.1) is 0 Å². The molecule has 0 spiro atoms. The SMILES string of the molecule is CCCC(C)NC(=O)COC(=O)CNC(=O)c1ccc(Cl)cc1Cl. The molecule has 132 valence electrons. The Bertz CT molecular complexity index is 608. The van der Waals surface area contributed by atoms with Gasteiger partial charge in [-0.25, -0.2) is 0 Å². The maximum atomic E-state index is 11.9. The standard InChI is InChI=1S/C16H20Cl2N2O4/c1-3-4-10(2)20-14(21)9-24-15(22)8-19-16(23)12-6-5-11(17)7-13(12)18/h5-7,10H,3-4,8-9H2,1-2H3,(H,19,23)(H,20,21). The van der Waals surface area contributed by atoms with Crippen molar-refractivity contribution in [3.8, 4) is 0 Å². The predicted octanol–water partition coefficient (Wildman–Crippen LogP) is 2.57. The van der Waals surface area contributed by atoms with E-state index < -0.39 is 11.9 Å². The van der Waals surface area contributed by atoms with Gasteiger partial charge in [0.1, 0.15) is 6.54 Å². The van der Waals surface area contributed by atoms with E-state index in [0.29, 0.717) is 5.02 Å². The molecule has 0 heterocycles. The van der Waals surface area contributed by atoms with Crippen LogP contribution in [0.3, 0.4) is 0 Å². The van der Waals surface area contributed by atoms with Crippen LogP contribution in [0.15, 0.2) is 18.2 Å². The minimum atomic E-state index is -0.716. The van der Waals surface area contributed by atoms with E-state index in [4.69, 9.17) is 27.9 Å². The number of halogens is 2. The number of ether oxygens (including phenoxy) is 1. The average molecular weight is 375 g/mol. The summed E-state index contributed by atoms with van der Waals surface area (Å²) in [5, 5.41) is 5.66. The van der Waals surface area contributed by atoms with Crippen molar-refractivity contribution in [2.45, 2.75) is 32.7 Å². The molecular weight excluding hydrogens is 355 g/mol. The van der Waals surface area contributed by atoms with Crippen LogP contribution >= 0.6 is 23.2 Å². The van der Waals surface area contributed by atoms with E-state index in [1.807, 2.05) is 13.8 Å². The Morgan fingerprint density at radius 3 is 2.58 bits per heavy atom. The second kappa shape index (κ2) is 10.2. The summed E-state index contributed by atoms with van der Waals surface area (Å²) in [6.07, 6.45) is 1.79. The van der Waals surface area contributed by atoms with Crippen LogP contribution in [-0.4, -0.2) is 37.0 Å². The Hall–Kier alpha value is -1.79. The molecule has 0 aromatic heterocycles. The first-order chi connectivity index (χ1) is 11.3. The highest BCUT2D eigenvalue weighted by atomic mass is 35.5. The molecule has 24 heavy (non-hydrogen) atoms. The van der Waals surface area contributed by atoms with Gasteiger partial charge in [0.25, 0.3) is 11.8 Å². The number of esters is 1. The molecule has 0 bridgehead atoms. The average Bonchev–Trinajstić information content (AvgIpc) is 2.50. The summed E-state index contributed by atoms with van der Waals surface area (Å²) in [5.41, 5.74) is 0.194. The van der Waals surface area contributed by atoms with Crippen molar-refractivity contribution in [2.75, 3.05) is 13.2 Å². The lowest BCUT2D eigenvalue weighted by Crippen LogP contribution is -2.37. The van der Waals surface area contributed by atoms with Crippen LogP contribution in [0.25, 0.3) is 0 Å². The number of hydrogen-bond acceptors (Lipinski definition) is 4. The quantitative estimate of drug-likeness (QED) is 0.684. The van der Waals surface area contributed by atoms with Gasteiger partial charge in [-0.2, -0.15) is 0 Å². The second-order valence-electron chi connectivity index (χ2n) is 5.22. The largest absolute Gasteiger partial charge is 0.454 e. The van der Waals surface area contributed by atoms with Gasteiger partial charge in [0.2, 0.25) is 0 Å². The zero-order valence-electron chi connectivity index (χ0n) is 13.5. The lowest BCUT2D eigenvalue weighted by atomic mass is 10.2. The van der Waals surface area contributed by atoms with E-state index in [-0.39, 0.29) is 35.7 Å².